The molecule has 7 heteroatoms. The van der Waals surface area contributed by atoms with Gasteiger partial charge in [-0.3, -0.25) is 4.79 Å². The maximum atomic E-state index is 11.3. The topological polar surface area (TPSA) is 87.3 Å². The lowest BCUT2D eigenvalue weighted by atomic mass is 10.0. The quantitative estimate of drug-likeness (QED) is 0.437. The van der Waals surface area contributed by atoms with Crippen molar-refractivity contribution in [1.82, 2.24) is 9.55 Å². The van der Waals surface area contributed by atoms with Crippen molar-refractivity contribution < 1.29 is 14.5 Å². The van der Waals surface area contributed by atoms with Crippen molar-refractivity contribution in [3.05, 3.63) is 22.6 Å². The summed E-state index contributed by atoms with van der Waals surface area (Å²) in [5.41, 5.74) is 0. The lowest BCUT2D eigenvalue weighted by Gasteiger charge is -2.17. The summed E-state index contributed by atoms with van der Waals surface area (Å²) in [7, 11) is 1.31. The molecule has 2 unspecified atom stereocenters. The highest BCUT2D eigenvalue weighted by Gasteiger charge is 2.24. The second kappa shape index (κ2) is 4.73. The predicted molar refractivity (Wildman–Crippen MR) is 54.8 cm³/mol. The summed E-state index contributed by atoms with van der Waals surface area (Å²) in [6.45, 7) is 3.47. The van der Waals surface area contributed by atoms with E-state index in [4.69, 9.17) is 0 Å². The zero-order valence-electron chi connectivity index (χ0n) is 9.28. The van der Waals surface area contributed by atoms with Crippen LogP contribution in [0, 0.1) is 16.0 Å². The largest absolute Gasteiger partial charge is 0.469 e. The Balaban J connectivity index is 2.83. The Bertz CT molecular complexity index is 401. The van der Waals surface area contributed by atoms with Gasteiger partial charge in [0.2, 0.25) is 6.33 Å². The zero-order valence-corrected chi connectivity index (χ0v) is 9.28. The van der Waals surface area contributed by atoms with Crippen LogP contribution in [-0.4, -0.2) is 27.6 Å². The van der Waals surface area contributed by atoms with E-state index in [1.807, 2.05) is 0 Å². The lowest BCUT2D eigenvalue weighted by Crippen LogP contribution is -2.22. The number of ether oxygens (including phenoxy) is 1. The molecule has 1 heterocycles. The van der Waals surface area contributed by atoms with Crippen LogP contribution in [0.4, 0.5) is 5.82 Å². The fraction of sp³-hybridized carbons (Fsp3) is 0.556. The van der Waals surface area contributed by atoms with E-state index in [0.717, 1.165) is 0 Å². The third-order valence-electron chi connectivity index (χ3n) is 2.54. The molecule has 1 aromatic heterocycles. The Labute approximate surface area is 92.2 Å². The summed E-state index contributed by atoms with van der Waals surface area (Å²) in [4.78, 5) is 24.8. The van der Waals surface area contributed by atoms with Gasteiger partial charge in [0.1, 0.15) is 6.20 Å². The third-order valence-corrected chi connectivity index (χ3v) is 2.54. The van der Waals surface area contributed by atoms with E-state index < -0.39 is 4.92 Å². The Morgan fingerprint density at radius 1 is 1.62 bits per heavy atom. The molecule has 16 heavy (non-hydrogen) atoms. The minimum Gasteiger partial charge on any atom is -0.469 e. The van der Waals surface area contributed by atoms with Gasteiger partial charge in [-0.1, -0.05) is 0 Å². The molecule has 1 rings (SSSR count). The van der Waals surface area contributed by atoms with Gasteiger partial charge in [-0.15, -0.1) is 0 Å². The molecule has 1 aromatic rings. The highest BCUT2D eigenvalue weighted by molar-refractivity contribution is 5.72. The van der Waals surface area contributed by atoms with Crippen LogP contribution in [0.1, 0.15) is 19.9 Å². The van der Waals surface area contributed by atoms with E-state index >= 15 is 0 Å². The summed E-state index contributed by atoms with van der Waals surface area (Å²) in [5, 5.41) is 10.4. The third kappa shape index (κ3) is 2.36. The van der Waals surface area contributed by atoms with Gasteiger partial charge in [0.15, 0.2) is 0 Å². The number of carbonyl (C=O) groups excluding carboxylic acids is 1. The Hall–Kier alpha value is -1.92. The van der Waals surface area contributed by atoms with Crippen molar-refractivity contribution in [3.8, 4) is 0 Å². The first-order valence-electron chi connectivity index (χ1n) is 4.73. The molecular formula is C9H13N3O4. The van der Waals surface area contributed by atoms with E-state index in [0.29, 0.717) is 0 Å². The molecule has 0 radical (unpaired) electrons. The van der Waals surface area contributed by atoms with Crippen LogP contribution in [0.5, 0.6) is 0 Å². The molecule has 0 bridgehead atoms. The predicted octanol–water partition coefficient (Wildman–Crippen LogP) is 1.16. The molecule has 0 N–H and O–H groups in total. The SMILES string of the molecule is COC(=O)C(C)C(C)n1cnc([N+](=O)[O-])c1. The van der Waals surface area contributed by atoms with Crippen LogP contribution in [0.15, 0.2) is 12.5 Å². The number of hydrogen-bond acceptors (Lipinski definition) is 5. The fourth-order valence-corrected chi connectivity index (χ4v) is 1.28. The van der Waals surface area contributed by atoms with Gasteiger partial charge in [0, 0.05) is 6.04 Å². The number of hydrogen-bond donors (Lipinski definition) is 0. The molecule has 0 saturated heterocycles. The van der Waals surface area contributed by atoms with Crippen LogP contribution in [0.25, 0.3) is 0 Å². The van der Waals surface area contributed by atoms with E-state index in [9.17, 15) is 14.9 Å². The zero-order chi connectivity index (χ0) is 12.3. The normalized spacial score (nSPS) is 14.2. The Kier molecular flexibility index (Phi) is 3.60. The summed E-state index contributed by atoms with van der Waals surface area (Å²) < 4.78 is 6.13. The molecule has 0 saturated carbocycles. The van der Waals surface area contributed by atoms with Crippen molar-refractivity contribution in [2.24, 2.45) is 5.92 Å². The molecular weight excluding hydrogens is 214 g/mol. The Morgan fingerprint density at radius 2 is 2.25 bits per heavy atom. The van der Waals surface area contributed by atoms with Crippen molar-refractivity contribution in [3.63, 3.8) is 0 Å². The summed E-state index contributed by atoms with van der Waals surface area (Å²) >= 11 is 0. The minimum absolute atomic E-state index is 0.232. The second-order valence-electron chi connectivity index (χ2n) is 3.49. The van der Waals surface area contributed by atoms with Gasteiger partial charge < -0.3 is 19.4 Å². The van der Waals surface area contributed by atoms with Crippen LogP contribution >= 0.6 is 0 Å². The number of nitro groups is 1. The molecule has 0 aliphatic heterocycles. The smallest absolute Gasteiger partial charge is 0.381 e. The van der Waals surface area contributed by atoms with Crippen LogP contribution in [0.2, 0.25) is 0 Å². The van der Waals surface area contributed by atoms with Crippen molar-refractivity contribution >= 4 is 11.8 Å². The fourth-order valence-electron chi connectivity index (χ4n) is 1.28. The van der Waals surface area contributed by atoms with Gasteiger partial charge in [0.25, 0.3) is 0 Å². The average molecular weight is 227 g/mol. The minimum atomic E-state index is -0.577. The molecule has 7 nitrogen and oxygen atoms in total. The van der Waals surface area contributed by atoms with Crippen molar-refractivity contribution in [2.45, 2.75) is 19.9 Å². The van der Waals surface area contributed by atoms with Gasteiger partial charge in [0.05, 0.1) is 13.0 Å². The van der Waals surface area contributed by atoms with Gasteiger partial charge in [-0.25, -0.2) is 0 Å². The van der Waals surface area contributed by atoms with Gasteiger partial charge in [-0.2, -0.15) is 0 Å². The standard InChI is InChI=1S/C9H13N3O4/c1-6(9(13)16-3)7(2)11-4-8(10-5-11)12(14)15/h4-7H,1-3H3. The highest BCUT2D eigenvalue weighted by Crippen LogP contribution is 2.20. The molecule has 0 fully saturated rings. The molecule has 88 valence electrons. The summed E-state index contributed by atoms with van der Waals surface area (Å²) in [6.07, 6.45) is 2.63. The summed E-state index contributed by atoms with van der Waals surface area (Å²) in [6, 6.07) is -0.242. The molecule has 0 aromatic carbocycles. The van der Waals surface area contributed by atoms with Gasteiger partial charge >= 0.3 is 11.8 Å². The first-order valence-corrected chi connectivity index (χ1v) is 4.73. The number of aromatic nitrogens is 2. The first-order chi connectivity index (χ1) is 7.47. The van der Waals surface area contributed by atoms with Crippen molar-refractivity contribution in [1.29, 1.82) is 0 Å². The number of methoxy groups -OCH3 is 1. The number of carbonyl (C=O) groups is 1. The van der Waals surface area contributed by atoms with E-state index in [-0.39, 0.29) is 23.7 Å². The number of nitrogens with zero attached hydrogens (tertiary/aromatic N) is 3. The monoisotopic (exact) mass is 227 g/mol. The molecule has 0 spiro atoms. The molecule has 0 aliphatic carbocycles. The van der Waals surface area contributed by atoms with E-state index in [2.05, 4.69) is 9.72 Å². The van der Waals surface area contributed by atoms with E-state index in [1.54, 1.807) is 13.8 Å². The highest BCUT2D eigenvalue weighted by atomic mass is 16.6. The maximum Gasteiger partial charge on any atom is 0.381 e. The molecule has 0 aliphatic rings. The van der Waals surface area contributed by atoms with Crippen LogP contribution in [0.3, 0.4) is 0 Å². The van der Waals surface area contributed by atoms with Crippen LogP contribution in [-0.2, 0) is 9.53 Å². The van der Waals surface area contributed by atoms with Gasteiger partial charge in [-0.05, 0) is 23.8 Å². The number of rotatable bonds is 4. The lowest BCUT2D eigenvalue weighted by molar-refractivity contribution is -0.389. The van der Waals surface area contributed by atoms with Crippen molar-refractivity contribution in [2.75, 3.05) is 7.11 Å². The molecule has 0 amide bonds. The second-order valence-corrected chi connectivity index (χ2v) is 3.49. The molecule has 2 atom stereocenters. The number of esters is 1. The maximum absolute atomic E-state index is 11.3. The van der Waals surface area contributed by atoms with E-state index in [1.165, 1.54) is 24.2 Å². The number of imidazole rings is 1. The van der Waals surface area contributed by atoms with Crippen LogP contribution < -0.4 is 0 Å². The first kappa shape index (κ1) is 12.2. The summed E-state index contributed by atoms with van der Waals surface area (Å²) in [5.74, 6) is -0.980. The average Bonchev–Trinajstić information content (AvgIpc) is 2.75. The Morgan fingerprint density at radius 3 is 2.69 bits per heavy atom.